The van der Waals surface area contributed by atoms with Crippen molar-refractivity contribution in [2.45, 2.75) is 0 Å². The number of halogens is 1. The van der Waals surface area contributed by atoms with Gasteiger partial charge in [0.25, 0.3) is 0 Å². The molecule has 0 fully saturated rings. The number of hydrogen-bond acceptors (Lipinski definition) is 4. The summed E-state index contributed by atoms with van der Waals surface area (Å²) in [5.41, 5.74) is 0.825. The average molecular weight is 278 g/mol. The lowest BCUT2D eigenvalue weighted by molar-refractivity contribution is 0.0696. The Morgan fingerprint density at radius 3 is 2.84 bits per heavy atom. The van der Waals surface area contributed by atoms with Crippen LogP contribution in [0.5, 0.6) is 0 Å². The number of fused-ring (bicyclic) bond motifs is 1. The lowest BCUT2D eigenvalue weighted by Crippen LogP contribution is -2.09. The Morgan fingerprint density at radius 1 is 1.42 bits per heavy atom. The van der Waals surface area contributed by atoms with Gasteiger partial charge in [-0.05, 0) is 0 Å². The van der Waals surface area contributed by atoms with Gasteiger partial charge in [0, 0.05) is 31.7 Å². The summed E-state index contributed by atoms with van der Waals surface area (Å²) >= 11 is 5.84. The third kappa shape index (κ3) is 1.75. The van der Waals surface area contributed by atoms with Crippen LogP contribution < -0.4 is 0 Å². The highest BCUT2D eigenvalue weighted by molar-refractivity contribution is 6.29. The maximum Gasteiger partial charge on any atom is 0.339 e. The molecule has 8 heteroatoms. The van der Waals surface area contributed by atoms with Crippen molar-refractivity contribution in [3.8, 4) is 11.5 Å². The summed E-state index contributed by atoms with van der Waals surface area (Å²) in [5.74, 6) is -0.622. The third-order valence-electron chi connectivity index (χ3n) is 2.72. The highest BCUT2D eigenvalue weighted by Gasteiger charge is 2.20. The maximum absolute atomic E-state index is 11.3. The summed E-state index contributed by atoms with van der Waals surface area (Å²) in [7, 11) is 1.77. The van der Waals surface area contributed by atoms with Crippen LogP contribution in [-0.2, 0) is 7.05 Å². The van der Waals surface area contributed by atoms with Gasteiger partial charge in [-0.3, -0.25) is 0 Å². The van der Waals surface area contributed by atoms with Crippen LogP contribution in [0.3, 0.4) is 0 Å². The van der Waals surface area contributed by atoms with E-state index in [4.69, 9.17) is 11.6 Å². The van der Waals surface area contributed by atoms with Gasteiger partial charge in [-0.1, -0.05) is 11.6 Å². The van der Waals surface area contributed by atoms with E-state index < -0.39 is 5.97 Å². The van der Waals surface area contributed by atoms with Crippen molar-refractivity contribution in [3.63, 3.8) is 0 Å². The number of rotatable bonds is 2. The molecule has 0 saturated heterocycles. The van der Waals surface area contributed by atoms with Gasteiger partial charge >= 0.3 is 5.97 Å². The largest absolute Gasteiger partial charge is 0.478 e. The van der Waals surface area contributed by atoms with Crippen LogP contribution in [0.4, 0.5) is 0 Å². The second-order valence-corrected chi connectivity index (χ2v) is 4.31. The predicted octanol–water partition coefficient (Wildman–Crippen LogP) is 1.48. The number of nitrogens with zero attached hydrogens (tertiary/aromatic N) is 5. The zero-order chi connectivity index (χ0) is 13.6. The highest BCUT2D eigenvalue weighted by Crippen LogP contribution is 2.23. The number of aromatic nitrogens is 5. The number of imidazole rings is 1. The van der Waals surface area contributed by atoms with Crippen molar-refractivity contribution >= 4 is 23.2 Å². The number of carboxylic acid groups (broad SMARTS) is 1. The van der Waals surface area contributed by atoms with Gasteiger partial charge in [0.2, 0.25) is 0 Å². The fourth-order valence-electron chi connectivity index (χ4n) is 1.87. The normalized spacial score (nSPS) is 11.1. The Bertz CT molecular complexity index is 792. The van der Waals surface area contributed by atoms with E-state index in [-0.39, 0.29) is 10.7 Å². The summed E-state index contributed by atoms with van der Waals surface area (Å²) in [4.78, 5) is 19.5. The molecule has 3 rings (SSSR count). The first-order chi connectivity index (χ1) is 9.08. The van der Waals surface area contributed by atoms with E-state index in [0.29, 0.717) is 17.2 Å². The molecule has 0 atom stereocenters. The molecule has 0 unspecified atom stereocenters. The fraction of sp³-hybridized carbons (Fsp3) is 0.0909. The first kappa shape index (κ1) is 11.7. The lowest BCUT2D eigenvalue weighted by Gasteiger charge is -2.07. The Labute approximate surface area is 112 Å². The monoisotopic (exact) mass is 277 g/mol. The van der Waals surface area contributed by atoms with Gasteiger partial charge in [-0.25, -0.2) is 19.3 Å². The molecule has 0 radical (unpaired) electrons. The van der Waals surface area contributed by atoms with Crippen LogP contribution >= 0.6 is 11.6 Å². The maximum atomic E-state index is 11.3. The van der Waals surface area contributed by atoms with Crippen LogP contribution in [-0.4, -0.2) is 35.2 Å². The third-order valence-corrected chi connectivity index (χ3v) is 2.90. The minimum atomic E-state index is -1.10. The van der Waals surface area contributed by atoms with Gasteiger partial charge in [0.15, 0.2) is 16.6 Å². The Balaban J connectivity index is 2.44. The topological polar surface area (TPSA) is 85.3 Å². The molecule has 3 aromatic heterocycles. The second kappa shape index (κ2) is 4.06. The molecule has 0 saturated carbocycles. The predicted molar refractivity (Wildman–Crippen MR) is 67.2 cm³/mol. The zero-order valence-electron chi connectivity index (χ0n) is 9.78. The van der Waals surface area contributed by atoms with Gasteiger partial charge in [-0.15, -0.1) is 0 Å². The van der Waals surface area contributed by atoms with E-state index in [0.717, 1.165) is 0 Å². The number of aryl methyl sites for hydroxylation is 1. The molecule has 96 valence electrons. The quantitative estimate of drug-likeness (QED) is 0.767. The molecule has 1 N–H and O–H groups in total. The summed E-state index contributed by atoms with van der Waals surface area (Å²) < 4.78 is 3.09. The Kier molecular flexibility index (Phi) is 2.49. The van der Waals surface area contributed by atoms with E-state index in [1.54, 1.807) is 30.1 Å². The second-order valence-electron chi connectivity index (χ2n) is 3.92. The van der Waals surface area contributed by atoms with Crippen LogP contribution in [0.25, 0.3) is 17.2 Å². The van der Waals surface area contributed by atoms with E-state index in [1.165, 1.54) is 10.7 Å². The summed E-state index contributed by atoms with van der Waals surface area (Å²) in [5, 5.41) is 13.6. The molecule has 19 heavy (non-hydrogen) atoms. The Hall–Kier alpha value is -2.41. The van der Waals surface area contributed by atoms with Crippen molar-refractivity contribution < 1.29 is 9.90 Å². The molecule has 3 aromatic rings. The summed E-state index contributed by atoms with van der Waals surface area (Å²) in [6.45, 7) is 0. The zero-order valence-corrected chi connectivity index (χ0v) is 10.5. The molecule has 0 bridgehead atoms. The number of aromatic carboxylic acids is 1. The lowest BCUT2D eigenvalue weighted by atomic mass is 10.2. The molecule has 0 aliphatic carbocycles. The molecule has 3 heterocycles. The average Bonchev–Trinajstić information content (AvgIpc) is 2.92. The van der Waals surface area contributed by atoms with Crippen LogP contribution in [0.1, 0.15) is 10.4 Å². The fourth-order valence-corrected chi connectivity index (χ4v) is 2.04. The van der Waals surface area contributed by atoms with Crippen LogP contribution in [0.2, 0.25) is 5.15 Å². The molecule has 7 nitrogen and oxygen atoms in total. The molecule has 0 aliphatic rings. The van der Waals surface area contributed by atoms with Gasteiger partial charge in [0.1, 0.15) is 11.3 Å². The first-order valence-electron chi connectivity index (χ1n) is 5.33. The molecule has 0 aromatic carbocycles. The van der Waals surface area contributed by atoms with Crippen molar-refractivity contribution in [3.05, 3.63) is 35.4 Å². The number of carbonyl (C=O) groups is 1. The van der Waals surface area contributed by atoms with Crippen LogP contribution in [0.15, 0.2) is 24.7 Å². The molecular formula is C11H8ClN5O2. The van der Waals surface area contributed by atoms with Crippen molar-refractivity contribution in [1.82, 2.24) is 24.1 Å². The van der Waals surface area contributed by atoms with Gasteiger partial charge in [-0.2, -0.15) is 5.10 Å². The van der Waals surface area contributed by atoms with Gasteiger partial charge in [0.05, 0.1) is 0 Å². The van der Waals surface area contributed by atoms with Gasteiger partial charge < -0.3 is 9.67 Å². The number of carboxylic acids is 1. The Morgan fingerprint density at radius 2 is 2.21 bits per heavy atom. The van der Waals surface area contributed by atoms with E-state index in [1.807, 2.05) is 0 Å². The minimum absolute atomic E-state index is 0.0153. The van der Waals surface area contributed by atoms with Crippen molar-refractivity contribution in [2.75, 3.05) is 0 Å². The standard InChI is InChI=1S/C11H8ClN5O2/c1-16-3-2-13-10(16)9-6(11(18)19)5-14-8-4-7(12)15-17(8)9/h2-5H,1H3,(H,18,19). The smallest absolute Gasteiger partial charge is 0.339 e. The molecular weight excluding hydrogens is 270 g/mol. The van der Waals surface area contributed by atoms with Crippen molar-refractivity contribution in [1.29, 1.82) is 0 Å². The van der Waals surface area contributed by atoms with E-state index >= 15 is 0 Å². The summed E-state index contributed by atoms with van der Waals surface area (Å²) in [6, 6.07) is 1.56. The molecule has 0 aliphatic heterocycles. The van der Waals surface area contributed by atoms with E-state index in [9.17, 15) is 9.90 Å². The molecule has 0 amide bonds. The first-order valence-corrected chi connectivity index (χ1v) is 5.71. The summed E-state index contributed by atoms with van der Waals surface area (Å²) in [6.07, 6.45) is 4.58. The van der Waals surface area contributed by atoms with E-state index in [2.05, 4.69) is 15.1 Å². The highest BCUT2D eigenvalue weighted by atomic mass is 35.5. The minimum Gasteiger partial charge on any atom is -0.478 e. The van der Waals surface area contributed by atoms with Crippen LogP contribution in [0, 0.1) is 0 Å². The van der Waals surface area contributed by atoms with Crippen molar-refractivity contribution in [2.24, 2.45) is 7.05 Å². The number of hydrogen-bond donors (Lipinski definition) is 1. The molecule has 0 spiro atoms. The SMILES string of the molecule is Cn1ccnc1-c1c(C(=O)O)cnc2cc(Cl)nn12.